The third kappa shape index (κ3) is 4.40. The summed E-state index contributed by atoms with van der Waals surface area (Å²) in [7, 11) is 0. The molecule has 3 heterocycles. The summed E-state index contributed by atoms with van der Waals surface area (Å²) >= 11 is 6.51. The second-order valence-corrected chi connectivity index (χ2v) is 9.83. The lowest BCUT2D eigenvalue weighted by molar-refractivity contribution is 0.0953. The van der Waals surface area contributed by atoms with Crippen molar-refractivity contribution in [3.05, 3.63) is 51.8 Å². The van der Waals surface area contributed by atoms with Gasteiger partial charge in [-0.2, -0.15) is 0 Å². The molecule has 0 N–H and O–H groups in total. The first-order valence-electron chi connectivity index (χ1n) is 9.17. The minimum atomic E-state index is -0.259. The Morgan fingerprint density at radius 3 is 2.86 bits per heavy atom. The molecule has 146 valence electrons. The summed E-state index contributed by atoms with van der Waals surface area (Å²) < 4.78 is 8.90. The zero-order chi connectivity index (χ0) is 19.5. The molecule has 0 unspecified atom stereocenters. The molecule has 3 aromatic rings. The highest BCUT2D eigenvalue weighted by Gasteiger charge is 2.25. The number of aromatic nitrogens is 3. The molecule has 1 aliphatic rings. The highest BCUT2D eigenvalue weighted by atomic mass is 79.9. The molecular weight excluding hydrogens is 458 g/mol. The van der Waals surface area contributed by atoms with Gasteiger partial charge in [0.2, 0.25) is 0 Å². The molecule has 5 nitrogen and oxygen atoms in total. The number of ether oxygens (including phenoxy) is 1. The van der Waals surface area contributed by atoms with Crippen LogP contribution in [0.4, 0.5) is 0 Å². The Labute approximate surface area is 180 Å². The van der Waals surface area contributed by atoms with Crippen LogP contribution in [0.3, 0.4) is 0 Å². The van der Waals surface area contributed by atoms with Crippen LogP contribution in [-0.4, -0.2) is 38.5 Å². The molecule has 1 aliphatic heterocycles. The number of Topliss-reactive ketones (excluding diaryl/α,β-unsaturated/α-hetero) is 1. The topological polar surface area (TPSA) is 57.0 Å². The summed E-state index contributed by atoms with van der Waals surface area (Å²) in [6, 6.07) is 11.5. The van der Waals surface area contributed by atoms with Crippen molar-refractivity contribution >= 4 is 44.8 Å². The van der Waals surface area contributed by atoms with Crippen molar-refractivity contribution in [2.24, 2.45) is 0 Å². The quantitative estimate of drug-likeness (QED) is 0.340. The van der Waals surface area contributed by atoms with Gasteiger partial charge in [-0.3, -0.25) is 9.36 Å². The summed E-state index contributed by atoms with van der Waals surface area (Å²) in [6.07, 6.45) is 2.30. The average Bonchev–Trinajstić information content (AvgIpc) is 3.45. The standard InChI is InChI=1S/C20H20BrN3O2S2/c1-13(18(25)14-6-8-15(21)9-7-14)28-20-23-22-19(17-5-3-11-27-17)24(20)12-16-4-2-10-26-16/h3,5-9,11,13,16H,2,4,10,12H2,1H3/t13-,16-/m1/s1. The van der Waals surface area contributed by atoms with Crippen LogP contribution >= 0.6 is 39.0 Å². The molecule has 0 spiro atoms. The third-order valence-corrected chi connectivity index (χ3v) is 7.12. The van der Waals surface area contributed by atoms with Gasteiger partial charge in [-0.1, -0.05) is 45.9 Å². The van der Waals surface area contributed by atoms with Crippen LogP contribution < -0.4 is 0 Å². The lowest BCUT2D eigenvalue weighted by Gasteiger charge is -2.16. The Hall–Kier alpha value is -1.48. The van der Waals surface area contributed by atoms with E-state index in [1.54, 1.807) is 11.3 Å². The summed E-state index contributed by atoms with van der Waals surface area (Å²) in [5.41, 5.74) is 0.701. The molecule has 4 rings (SSSR count). The van der Waals surface area contributed by atoms with Crippen LogP contribution in [-0.2, 0) is 11.3 Å². The summed E-state index contributed by atoms with van der Waals surface area (Å²) in [5.74, 6) is 0.929. The van der Waals surface area contributed by atoms with Crippen molar-refractivity contribution in [2.75, 3.05) is 6.61 Å². The van der Waals surface area contributed by atoms with E-state index in [1.165, 1.54) is 11.8 Å². The van der Waals surface area contributed by atoms with E-state index < -0.39 is 0 Å². The van der Waals surface area contributed by atoms with Crippen molar-refractivity contribution in [1.29, 1.82) is 0 Å². The van der Waals surface area contributed by atoms with Crippen LogP contribution in [0.5, 0.6) is 0 Å². The maximum absolute atomic E-state index is 12.8. The zero-order valence-corrected chi connectivity index (χ0v) is 18.6. The molecule has 2 aromatic heterocycles. The number of carbonyl (C=O) groups excluding carboxylic acids is 1. The number of ketones is 1. The number of thioether (sulfide) groups is 1. The van der Waals surface area contributed by atoms with Gasteiger partial charge in [0, 0.05) is 16.6 Å². The summed E-state index contributed by atoms with van der Waals surface area (Å²) in [6.45, 7) is 3.44. The maximum atomic E-state index is 12.8. The third-order valence-electron chi connectivity index (χ3n) is 4.65. The number of hydrogen-bond acceptors (Lipinski definition) is 6. The molecule has 0 radical (unpaired) electrons. The molecule has 28 heavy (non-hydrogen) atoms. The van der Waals surface area contributed by atoms with Gasteiger partial charge < -0.3 is 4.74 Å². The molecule has 0 aliphatic carbocycles. The van der Waals surface area contributed by atoms with Gasteiger partial charge in [-0.05, 0) is 43.3 Å². The van der Waals surface area contributed by atoms with Crippen LogP contribution in [0.1, 0.15) is 30.1 Å². The monoisotopic (exact) mass is 477 g/mol. The molecule has 0 amide bonds. The Bertz CT molecular complexity index is 935. The van der Waals surface area contributed by atoms with E-state index >= 15 is 0 Å². The SMILES string of the molecule is C[C@@H](Sc1nnc(-c2cccs2)n1C[C@H]1CCCO1)C(=O)c1ccc(Br)cc1. The van der Waals surface area contributed by atoms with E-state index in [2.05, 4.69) is 30.7 Å². The Morgan fingerprint density at radius 1 is 1.36 bits per heavy atom. The van der Waals surface area contributed by atoms with Gasteiger partial charge in [-0.25, -0.2) is 0 Å². The highest BCUT2D eigenvalue weighted by Crippen LogP contribution is 2.31. The van der Waals surface area contributed by atoms with E-state index in [9.17, 15) is 4.79 Å². The number of halogens is 1. The van der Waals surface area contributed by atoms with Crippen molar-refractivity contribution in [3.8, 4) is 10.7 Å². The molecule has 1 aromatic carbocycles. The first-order chi connectivity index (χ1) is 13.6. The molecule has 0 bridgehead atoms. The van der Waals surface area contributed by atoms with Crippen molar-refractivity contribution in [2.45, 2.75) is 42.8 Å². The summed E-state index contributed by atoms with van der Waals surface area (Å²) in [4.78, 5) is 13.9. The number of rotatable bonds is 7. The Balaban J connectivity index is 1.57. The minimum Gasteiger partial charge on any atom is -0.376 e. The number of thiophene rings is 1. The number of benzene rings is 1. The van der Waals surface area contributed by atoms with Gasteiger partial charge in [0.25, 0.3) is 0 Å². The molecule has 1 saturated heterocycles. The number of hydrogen-bond donors (Lipinski definition) is 0. The van der Waals surface area contributed by atoms with Gasteiger partial charge in [-0.15, -0.1) is 21.5 Å². The smallest absolute Gasteiger partial charge is 0.192 e. The second-order valence-electron chi connectivity index (χ2n) is 6.66. The van der Waals surface area contributed by atoms with E-state index in [-0.39, 0.29) is 17.1 Å². The maximum Gasteiger partial charge on any atom is 0.192 e. The average molecular weight is 478 g/mol. The lowest BCUT2D eigenvalue weighted by atomic mass is 10.1. The minimum absolute atomic E-state index is 0.0850. The van der Waals surface area contributed by atoms with Gasteiger partial charge >= 0.3 is 0 Å². The van der Waals surface area contributed by atoms with Gasteiger partial charge in [0.1, 0.15) is 0 Å². The molecule has 0 saturated carbocycles. The fraction of sp³-hybridized carbons (Fsp3) is 0.350. The van der Waals surface area contributed by atoms with Gasteiger partial charge in [0.05, 0.1) is 22.8 Å². The molecule has 1 fully saturated rings. The van der Waals surface area contributed by atoms with Crippen molar-refractivity contribution in [1.82, 2.24) is 14.8 Å². The highest BCUT2D eigenvalue weighted by molar-refractivity contribution is 9.10. The van der Waals surface area contributed by atoms with E-state index in [0.29, 0.717) is 12.1 Å². The Kier molecular flexibility index (Phi) is 6.30. The van der Waals surface area contributed by atoms with Crippen LogP contribution in [0, 0.1) is 0 Å². The van der Waals surface area contributed by atoms with E-state index in [0.717, 1.165) is 39.8 Å². The largest absolute Gasteiger partial charge is 0.376 e. The fourth-order valence-corrected chi connectivity index (χ4v) is 5.10. The van der Waals surface area contributed by atoms with Crippen LogP contribution in [0.15, 0.2) is 51.4 Å². The number of carbonyl (C=O) groups is 1. The van der Waals surface area contributed by atoms with Gasteiger partial charge in [0.15, 0.2) is 16.8 Å². The second kappa shape index (κ2) is 8.90. The van der Waals surface area contributed by atoms with E-state index in [4.69, 9.17) is 4.74 Å². The van der Waals surface area contributed by atoms with Crippen molar-refractivity contribution in [3.63, 3.8) is 0 Å². The van der Waals surface area contributed by atoms with Crippen LogP contribution in [0.2, 0.25) is 0 Å². The first kappa shape index (κ1) is 19.8. The normalized spacial score (nSPS) is 17.7. The molecular formula is C20H20BrN3O2S2. The lowest BCUT2D eigenvalue weighted by Crippen LogP contribution is -2.18. The van der Waals surface area contributed by atoms with Crippen LogP contribution in [0.25, 0.3) is 10.7 Å². The number of nitrogens with zero attached hydrogens (tertiary/aromatic N) is 3. The molecule has 2 atom stereocenters. The van der Waals surface area contributed by atoms with E-state index in [1.807, 2.05) is 48.7 Å². The first-order valence-corrected chi connectivity index (χ1v) is 11.7. The van der Waals surface area contributed by atoms with Crippen molar-refractivity contribution < 1.29 is 9.53 Å². The zero-order valence-electron chi connectivity index (χ0n) is 15.4. The predicted molar refractivity (Wildman–Crippen MR) is 116 cm³/mol. The Morgan fingerprint density at radius 2 is 2.18 bits per heavy atom. The fourth-order valence-electron chi connectivity index (χ4n) is 3.18. The summed E-state index contributed by atoms with van der Waals surface area (Å²) in [5, 5.41) is 11.4. The predicted octanol–water partition coefficient (Wildman–Crippen LogP) is 5.31. The molecule has 8 heteroatoms.